The number of hydrogen-bond donors (Lipinski definition) is 1. The summed E-state index contributed by atoms with van der Waals surface area (Å²) >= 11 is 5.79. The molecule has 1 aliphatic rings. The minimum atomic E-state index is 0.250. The maximum atomic E-state index is 5.79. The molecule has 1 aromatic rings. The summed E-state index contributed by atoms with van der Waals surface area (Å²) in [5, 5.41) is 4.59. The van der Waals surface area contributed by atoms with E-state index in [0.717, 1.165) is 19.4 Å². The van der Waals surface area contributed by atoms with Crippen LogP contribution in [0.15, 0.2) is 6.20 Å². The minimum Gasteiger partial charge on any atom is -0.381 e. The van der Waals surface area contributed by atoms with Gasteiger partial charge in [0.25, 0.3) is 0 Å². The first-order valence-electron chi connectivity index (χ1n) is 4.79. The molecule has 1 aliphatic heterocycles. The summed E-state index contributed by atoms with van der Waals surface area (Å²) in [6.45, 7) is 2.83. The van der Waals surface area contributed by atoms with E-state index in [9.17, 15) is 0 Å². The molecule has 2 unspecified atom stereocenters. The van der Waals surface area contributed by atoms with Crippen molar-refractivity contribution < 1.29 is 4.74 Å². The Hall–Kier alpha value is -0.740. The molecule has 0 saturated carbocycles. The molecule has 0 aromatic carbocycles. The van der Waals surface area contributed by atoms with Gasteiger partial charge in [0, 0.05) is 6.20 Å². The second-order valence-corrected chi connectivity index (χ2v) is 4.14. The number of nitrogens with zero attached hydrogens (tertiary/aromatic N) is 2. The molecule has 0 bridgehead atoms. The lowest BCUT2D eigenvalue weighted by Crippen LogP contribution is -2.16. The fourth-order valence-corrected chi connectivity index (χ4v) is 1.88. The van der Waals surface area contributed by atoms with E-state index in [4.69, 9.17) is 22.1 Å². The lowest BCUT2D eigenvalue weighted by molar-refractivity contribution is 0.0437. The van der Waals surface area contributed by atoms with Crippen LogP contribution in [0.25, 0.3) is 0 Å². The van der Waals surface area contributed by atoms with Gasteiger partial charge >= 0.3 is 0 Å². The number of hydrogen-bond acceptors (Lipinski definition) is 3. The number of nitrogen functional groups attached to an aromatic ring is 1. The summed E-state index contributed by atoms with van der Waals surface area (Å²) in [5.74, 6) is 0.387. The Balaban J connectivity index is 1.97. The van der Waals surface area contributed by atoms with E-state index in [-0.39, 0.29) is 6.10 Å². The maximum Gasteiger partial charge on any atom is 0.164 e. The zero-order chi connectivity index (χ0) is 10.1. The van der Waals surface area contributed by atoms with Crippen molar-refractivity contribution in [2.45, 2.75) is 38.5 Å². The van der Waals surface area contributed by atoms with Crippen molar-refractivity contribution >= 4 is 17.4 Å². The topological polar surface area (TPSA) is 53.1 Å². The molecule has 1 saturated heterocycles. The lowest BCUT2D eigenvalue weighted by atomic mass is 10.2. The highest BCUT2D eigenvalue weighted by molar-refractivity contribution is 6.32. The number of ether oxygens (including phenoxy) is 1. The first-order chi connectivity index (χ1) is 6.65. The normalized spacial score (nSPS) is 27.0. The highest BCUT2D eigenvalue weighted by Gasteiger charge is 2.22. The predicted molar refractivity (Wildman–Crippen MR) is 55.2 cm³/mol. The summed E-state index contributed by atoms with van der Waals surface area (Å²) in [7, 11) is 0. The Bertz CT molecular complexity index is 306. The summed E-state index contributed by atoms with van der Waals surface area (Å²) in [5.41, 5.74) is 5.54. The van der Waals surface area contributed by atoms with Crippen LogP contribution >= 0.6 is 11.6 Å². The zero-order valence-corrected chi connectivity index (χ0v) is 8.87. The smallest absolute Gasteiger partial charge is 0.164 e. The molecule has 1 aromatic heterocycles. The molecular weight excluding hydrogens is 202 g/mol. The van der Waals surface area contributed by atoms with E-state index in [1.807, 2.05) is 0 Å². The molecule has 2 rings (SSSR count). The van der Waals surface area contributed by atoms with Crippen molar-refractivity contribution in [1.29, 1.82) is 0 Å². The van der Waals surface area contributed by atoms with Crippen LogP contribution in [-0.2, 0) is 11.3 Å². The van der Waals surface area contributed by atoms with Gasteiger partial charge in [-0.05, 0) is 19.8 Å². The van der Waals surface area contributed by atoms with Crippen molar-refractivity contribution in [3.05, 3.63) is 11.2 Å². The first kappa shape index (κ1) is 9.80. The zero-order valence-electron chi connectivity index (χ0n) is 8.11. The van der Waals surface area contributed by atoms with E-state index >= 15 is 0 Å². The second-order valence-electron chi connectivity index (χ2n) is 3.73. The van der Waals surface area contributed by atoms with Crippen molar-refractivity contribution in [3.8, 4) is 0 Å². The molecule has 2 N–H and O–H groups in total. The molecule has 0 amide bonds. The largest absolute Gasteiger partial charge is 0.381 e. The molecule has 5 heteroatoms. The molecule has 2 heterocycles. The monoisotopic (exact) mass is 215 g/mol. The molecule has 14 heavy (non-hydrogen) atoms. The third-order valence-electron chi connectivity index (χ3n) is 2.45. The highest BCUT2D eigenvalue weighted by Crippen LogP contribution is 2.22. The Morgan fingerprint density at radius 2 is 2.50 bits per heavy atom. The van der Waals surface area contributed by atoms with Crippen molar-refractivity contribution in [2.75, 3.05) is 5.73 Å². The van der Waals surface area contributed by atoms with Crippen LogP contribution in [-0.4, -0.2) is 22.0 Å². The molecule has 1 fully saturated rings. The Morgan fingerprint density at radius 1 is 1.71 bits per heavy atom. The molecule has 0 spiro atoms. The second kappa shape index (κ2) is 3.79. The van der Waals surface area contributed by atoms with Gasteiger partial charge in [-0.25, -0.2) is 0 Å². The Kier molecular flexibility index (Phi) is 2.65. The number of rotatable bonds is 2. The molecule has 4 nitrogen and oxygen atoms in total. The Labute approximate surface area is 88.0 Å². The van der Waals surface area contributed by atoms with Gasteiger partial charge in [0.05, 0.1) is 18.8 Å². The molecule has 78 valence electrons. The number of aromatic nitrogens is 2. The van der Waals surface area contributed by atoms with Gasteiger partial charge in [-0.1, -0.05) is 11.6 Å². The summed E-state index contributed by atoms with van der Waals surface area (Å²) in [6.07, 6.45) is 4.56. The average Bonchev–Trinajstić information content (AvgIpc) is 2.62. The summed E-state index contributed by atoms with van der Waals surface area (Å²) in [4.78, 5) is 0. The van der Waals surface area contributed by atoms with Gasteiger partial charge in [0.15, 0.2) is 5.82 Å². The van der Waals surface area contributed by atoms with Crippen molar-refractivity contribution in [3.63, 3.8) is 0 Å². The van der Waals surface area contributed by atoms with Crippen molar-refractivity contribution in [1.82, 2.24) is 9.78 Å². The van der Waals surface area contributed by atoms with Crippen LogP contribution in [0.2, 0.25) is 5.02 Å². The number of anilines is 1. The minimum absolute atomic E-state index is 0.250. The lowest BCUT2D eigenvalue weighted by Gasteiger charge is -2.10. The maximum absolute atomic E-state index is 5.79. The van der Waals surface area contributed by atoms with Gasteiger partial charge in [-0.15, -0.1) is 0 Å². The molecule has 0 aliphatic carbocycles. The molecule has 0 radical (unpaired) electrons. The van der Waals surface area contributed by atoms with E-state index in [0.29, 0.717) is 16.9 Å². The van der Waals surface area contributed by atoms with Crippen LogP contribution in [0.4, 0.5) is 5.82 Å². The van der Waals surface area contributed by atoms with E-state index in [2.05, 4.69) is 12.0 Å². The molecular formula is C9H14ClN3O. The van der Waals surface area contributed by atoms with Gasteiger partial charge in [0.2, 0.25) is 0 Å². The highest BCUT2D eigenvalue weighted by atomic mass is 35.5. The van der Waals surface area contributed by atoms with Gasteiger partial charge in [-0.3, -0.25) is 4.68 Å². The van der Waals surface area contributed by atoms with E-state index in [1.54, 1.807) is 10.9 Å². The predicted octanol–water partition coefficient (Wildman–Crippen LogP) is 1.69. The fourth-order valence-electron chi connectivity index (χ4n) is 1.73. The van der Waals surface area contributed by atoms with E-state index < -0.39 is 0 Å². The summed E-state index contributed by atoms with van der Waals surface area (Å²) in [6, 6.07) is 0. The van der Waals surface area contributed by atoms with Gasteiger partial charge in [0.1, 0.15) is 5.02 Å². The van der Waals surface area contributed by atoms with Crippen LogP contribution in [0.5, 0.6) is 0 Å². The van der Waals surface area contributed by atoms with Gasteiger partial charge < -0.3 is 10.5 Å². The summed E-state index contributed by atoms with van der Waals surface area (Å²) < 4.78 is 7.42. The van der Waals surface area contributed by atoms with Crippen LogP contribution in [0, 0.1) is 0 Å². The molecule has 2 atom stereocenters. The van der Waals surface area contributed by atoms with Crippen molar-refractivity contribution in [2.24, 2.45) is 0 Å². The Morgan fingerprint density at radius 3 is 3.00 bits per heavy atom. The number of halogens is 1. The third-order valence-corrected chi connectivity index (χ3v) is 2.75. The third kappa shape index (κ3) is 2.01. The first-order valence-corrected chi connectivity index (χ1v) is 5.17. The van der Waals surface area contributed by atoms with Gasteiger partial charge in [-0.2, -0.15) is 5.10 Å². The number of nitrogens with two attached hydrogens (primary N) is 1. The standard InChI is InChI=1S/C9H14ClN3O/c1-6-2-3-7(14-6)4-13-5-8(10)9(11)12-13/h5-7H,2-4H2,1H3,(H2,11,12). The fraction of sp³-hybridized carbons (Fsp3) is 0.667. The van der Waals surface area contributed by atoms with E-state index in [1.165, 1.54) is 0 Å². The van der Waals surface area contributed by atoms with Crippen LogP contribution < -0.4 is 5.73 Å². The average molecular weight is 216 g/mol. The van der Waals surface area contributed by atoms with Crippen LogP contribution in [0.1, 0.15) is 19.8 Å². The van der Waals surface area contributed by atoms with Crippen LogP contribution in [0.3, 0.4) is 0 Å². The quantitative estimate of drug-likeness (QED) is 0.817. The SMILES string of the molecule is CC1CCC(Cn2cc(Cl)c(N)n2)O1.